The predicted molar refractivity (Wildman–Crippen MR) is 118 cm³/mol. The number of ether oxygens (including phenoxy) is 2. The van der Waals surface area contributed by atoms with Gasteiger partial charge in [-0.25, -0.2) is 4.68 Å². The van der Waals surface area contributed by atoms with Gasteiger partial charge < -0.3 is 15.2 Å². The topological polar surface area (TPSA) is 110 Å². The van der Waals surface area contributed by atoms with Crippen LogP contribution >= 0.6 is 15.9 Å². The maximum absolute atomic E-state index is 9.78. The Kier molecular flexibility index (Phi) is 6.41. The lowest BCUT2D eigenvalue weighted by molar-refractivity contribution is 0.309. The summed E-state index contributed by atoms with van der Waals surface area (Å²) >= 11 is 3.47. The summed E-state index contributed by atoms with van der Waals surface area (Å²) in [6.07, 6.45) is 1.63. The number of nitrogens with zero attached hydrogens (tertiary/aromatic N) is 4. The van der Waals surface area contributed by atoms with Crippen LogP contribution in [0.1, 0.15) is 23.7 Å². The second-order valence-corrected chi connectivity index (χ2v) is 6.96. The highest BCUT2D eigenvalue weighted by atomic mass is 79.9. The van der Waals surface area contributed by atoms with Crippen LogP contribution in [0.15, 0.2) is 46.9 Å². The summed E-state index contributed by atoms with van der Waals surface area (Å²) in [5, 5.41) is 23.8. The largest absolute Gasteiger partial charge is 0.493 e. The van der Waals surface area contributed by atoms with Gasteiger partial charge in [0.15, 0.2) is 11.5 Å². The number of aromatic nitrogens is 2. The molecular formula is C22H18BrN5O2. The molecule has 0 amide bonds. The standard InChI is InChI=1S/C22H18BrN5O2/c1-3-30-21-18(23)10-14(11-19(21)29-2)9-15(12-24)20-17(13-25)22(26)28(27-20)16-7-5-4-6-8-16/h4-11H,3,26H2,1-2H3/b15-9+. The number of nitrogens with two attached hydrogens (primary N) is 1. The first-order chi connectivity index (χ1) is 14.5. The molecule has 1 aromatic heterocycles. The molecule has 1 heterocycles. The van der Waals surface area contributed by atoms with Crippen molar-refractivity contribution in [2.45, 2.75) is 6.92 Å². The average Bonchev–Trinajstić information content (AvgIpc) is 3.10. The minimum atomic E-state index is 0.142. The van der Waals surface area contributed by atoms with Crippen LogP contribution in [0.5, 0.6) is 11.5 Å². The summed E-state index contributed by atoms with van der Waals surface area (Å²) in [5.41, 5.74) is 8.08. The van der Waals surface area contributed by atoms with Gasteiger partial charge >= 0.3 is 0 Å². The molecule has 0 unspecified atom stereocenters. The Morgan fingerprint density at radius 3 is 2.60 bits per heavy atom. The van der Waals surface area contributed by atoms with Crippen LogP contribution < -0.4 is 15.2 Å². The van der Waals surface area contributed by atoms with E-state index in [1.165, 1.54) is 4.68 Å². The number of methoxy groups -OCH3 is 1. The van der Waals surface area contributed by atoms with Crippen molar-refractivity contribution in [1.29, 1.82) is 10.5 Å². The number of para-hydroxylation sites is 1. The van der Waals surface area contributed by atoms with Crippen LogP contribution in [0, 0.1) is 22.7 Å². The lowest BCUT2D eigenvalue weighted by Crippen LogP contribution is -2.02. The van der Waals surface area contributed by atoms with Crippen molar-refractivity contribution in [2.24, 2.45) is 0 Å². The Hall–Kier alpha value is -3.75. The smallest absolute Gasteiger partial charge is 0.175 e. The molecule has 0 aliphatic heterocycles. The summed E-state index contributed by atoms with van der Waals surface area (Å²) in [4.78, 5) is 0. The molecule has 8 heteroatoms. The van der Waals surface area contributed by atoms with E-state index in [1.54, 1.807) is 25.3 Å². The van der Waals surface area contributed by atoms with Gasteiger partial charge in [0, 0.05) is 0 Å². The number of hydrogen-bond acceptors (Lipinski definition) is 6. The van der Waals surface area contributed by atoms with E-state index < -0.39 is 0 Å². The summed E-state index contributed by atoms with van der Waals surface area (Å²) in [5.74, 6) is 1.26. The molecule has 0 bridgehead atoms. The third-order valence-corrected chi connectivity index (χ3v) is 4.85. The molecule has 0 atom stereocenters. The van der Waals surface area contributed by atoms with E-state index in [0.717, 1.165) is 0 Å². The van der Waals surface area contributed by atoms with Crippen LogP contribution in [0.25, 0.3) is 17.3 Å². The Labute approximate surface area is 182 Å². The van der Waals surface area contributed by atoms with Crippen molar-refractivity contribution in [3.05, 3.63) is 63.8 Å². The zero-order valence-corrected chi connectivity index (χ0v) is 18.0. The minimum Gasteiger partial charge on any atom is -0.493 e. The van der Waals surface area contributed by atoms with Crippen molar-refractivity contribution < 1.29 is 9.47 Å². The fourth-order valence-electron chi connectivity index (χ4n) is 2.92. The van der Waals surface area contributed by atoms with E-state index in [0.29, 0.717) is 33.8 Å². The first-order valence-electron chi connectivity index (χ1n) is 9.00. The van der Waals surface area contributed by atoms with E-state index in [2.05, 4.69) is 33.2 Å². The van der Waals surface area contributed by atoms with E-state index in [4.69, 9.17) is 15.2 Å². The molecular weight excluding hydrogens is 446 g/mol. The molecule has 0 saturated heterocycles. The van der Waals surface area contributed by atoms with Crippen LogP contribution in [-0.4, -0.2) is 23.5 Å². The average molecular weight is 464 g/mol. The molecule has 150 valence electrons. The summed E-state index contributed by atoms with van der Waals surface area (Å²) in [6.45, 7) is 2.36. The number of rotatable bonds is 6. The summed E-state index contributed by atoms with van der Waals surface area (Å²) in [7, 11) is 1.54. The molecule has 0 saturated carbocycles. The van der Waals surface area contributed by atoms with E-state index in [9.17, 15) is 10.5 Å². The van der Waals surface area contributed by atoms with Crippen LogP contribution in [0.4, 0.5) is 5.82 Å². The third kappa shape index (κ3) is 4.00. The Bertz CT molecular complexity index is 1190. The van der Waals surface area contributed by atoms with Gasteiger partial charge in [-0.15, -0.1) is 0 Å². The molecule has 2 aromatic carbocycles. The minimum absolute atomic E-state index is 0.142. The molecule has 0 spiro atoms. The van der Waals surface area contributed by atoms with Crippen molar-refractivity contribution in [1.82, 2.24) is 9.78 Å². The zero-order valence-electron chi connectivity index (χ0n) is 16.4. The van der Waals surface area contributed by atoms with Crippen molar-refractivity contribution in [2.75, 3.05) is 19.5 Å². The van der Waals surface area contributed by atoms with Gasteiger partial charge in [-0.3, -0.25) is 0 Å². The molecule has 3 rings (SSSR count). The van der Waals surface area contributed by atoms with E-state index in [1.807, 2.05) is 37.3 Å². The molecule has 0 radical (unpaired) electrons. The molecule has 0 aliphatic carbocycles. The van der Waals surface area contributed by atoms with Gasteiger partial charge in [0.05, 0.1) is 29.4 Å². The highest BCUT2D eigenvalue weighted by Gasteiger charge is 2.20. The van der Waals surface area contributed by atoms with Crippen LogP contribution in [0.3, 0.4) is 0 Å². The number of anilines is 1. The maximum atomic E-state index is 9.78. The zero-order chi connectivity index (χ0) is 21.7. The predicted octanol–water partition coefficient (Wildman–Crippen LogP) is 4.56. The van der Waals surface area contributed by atoms with Crippen molar-refractivity contribution in [3.8, 4) is 29.3 Å². The van der Waals surface area contributed by atoms with Crippen LogP contribution in [-0.2, 0) is 0 Å². The maximum Gasteiger partial charge on any atom is 0.175 e. The van der Waals surface area contributed by atoms with Gasteiger partial charge in [0.25, 0.3) is 0 Å². The van der Waals surface area contributed by atoms with E-state index >= 15 is 0 Å². The Morgan fingerprint density at radius 2 is 2.00 bits per heavy atom. The van der Waals surface area contributed by atoms with Gasteiger partial charge in [-0.1, -0.05) is 18.2 Å². The second-order valence-electron chi connectivity index (χ2n) is 6.10. The molecule has 2 N–H and O–H groups in total. The second kappa shape index (κ2) is 9.17. The molecule has 7 nitrogen and oxygen atoms in total. The Morgan fingerprint density at radius 1 is 1.27 bits per heavy atom. The SMILES string of the molecule is CCOc1c(Br)cc(/C=C(\C#N)c2nn(-c3ccccc3)c(N)c2C#N)cc1OC. The molecule has 30 heavy (non-hydrogen) atoms. The van der Waals surface area contributed by atoms with Crippen LogP contribution in [0.2, 0.25) is 0 Å². The fraction of sp³-hybridized carbons (Fsp3) is 0.136. The highest BCUT2D eigenvalue weighted by Crippen LogP contribution is 2.38. The number of benzene rings is 2. The summed E-state index contributed by atoms with van der Waals surface area (Å²) in [6, 6.07) is 16.9. The van der Waals surface area contributed by atoms with E-state index in [-0.39, 0.29) is 22.6 Å². The molecule has 0 fully saturated rings. The van der Waals surface area contributed by atoms with Gasteiger partial charge in [-0.05, 0) is 58.8 Å². The van der Waals surface area contributed by atoms with Crippen molar-refractivity contribution >= 4 is 33.4 Å². The number of hydrogen-bond donors (Lipinski definition) is 1. The lowest BCUT2D eigenvalue weighted by atomic mass is 10.1. The first kappa shape index (κ1) is 21.0. The number of nitrogen functional groups attached to an aromatic ring is 1. The number of nitriles is 2. The monoisotopic (exact) mass is 463 g/mol. The molecule has 3 aromatic rings. The third-order valence-electron chi connectivity index (χ3n) is 4.26. The van der Waals surface area contributed by atoms with Crippen molar-refractivity contribution in [3.63, 3.8) is 0 Å². The normalized spacial score (nSPS) is 10.9. The Balaban J connectivity index is 2.14. The number of halogens is 1. The first-order valence-corrected chi connectivity index (χ1v) is 9.79. The van der Waals surface area contributed by atoms with Gasteiger partial charge in [0.2, 0.25) is 0 Å². The quantitative estimate of drug-likeness (QED) is 0.536. The highest BCUT2D eigenvalue weighted by molar-refractivity contribution is 9.10. The number of allylic oxidation sites excluding steroid dienone is 1. The summed E-state index contributed by atoms with van der Waals surface area (Å²) < 4.78 is 13.1. The van der Waals surface area contributed by atoms with Gasteiger partial charge in [0.1, 0.15) is 29.2 Å². The molecule has 0 aliphatic rings. The fourth-order valence-corrected chi connectivity index (χ4v) is 3.50. The van der Waals surface area contributed by atoms with Gasteiger partial charge in [-0.2, -0.15) is 15.6 Å². The lowest BCUT2D eigenvalue weighted by Gasteiger charge is -2.12.